The van der Waals surface area contributed by atoms with E-state index in [1.54, 1.807) is 6.07 Å². The van der Waals surface area contributed by atoms with Gasteiger partial charge < -0.3 is 10.4 Å². The Labute approximate surface area is 120 Å². The molecule has 0 aromatic heterocycles. The van der Waals surface area contributed by atoms with E-state index < -0.39 is 17.7 Å². The van der Waals surface area contributed by atoms with Gasteiger partial charge in [-0.3, -0.25) is 4.79 Å². The van der Waals surface area contributed by atoms with E-state index >= 15 is 0 Å². The molecule has 1 atom stereocenters. The first-order valence-corrected chi connectivity index (χ1v) is 6.31. The average molecular weight is 300 g/mol. The van der Waals surface area contributed by atoms with E-state index in [9.17, 15) is 18.0 Å². The maximum atomic E-state index is 12.5. The number of nitrogens with zero attached hydrogens (tertiary/aromatic N) is 1. The standard InChI is InChI=1S/C14H15F3N2O2/c1-9(2-5-13(20)21)8-19-12-4-3-11(14(15,16)17)6-10(12)7-18/h3-4,6,9,19H,2,5,8H2,1H3,(H,20,21). The Morgan fingerprint density at radius 3 is 2.67 bits per heavy atom. The summed E-state index contributed by atoms with van der Waals surface area (Å²) in [4.78, 5) is 10.4. The van der Waals surface area contributed by atoms with E-state index in [0.29, 0.717) is 18.7 Å². The van der Waals surface area contributed by atoms with Crippen LogP contribution in [0.4, 0.5) is 18.9 Å². The highest BCUT2D eigenvalue weighted by Crippen LogP contribution is 2.31. The summed E-state index contributed by atoms with van der Waals surface area (Å²) in [5, 5.41) is 20.4. The second kappa shape index (κ2) is 6.97. The average Bonchev–Trinajstić information content (AvgIpc) is 2.41. The van der Waals surface area contributed by atoms with Crippen LogP contribution in [0.1, 0.15) is 30.9 Å². The molecule has 0 aliphatic rings. The highest BCUT2D eigenvalue weighted by atomic mass is 19.4. The van der Waals surface area contributed by atoms with Crippen molar-refractivity contribution in [3.63, 3.8) is 0 Å². The van der Waals surface area contributed by atoms with Crippen LogP contribution in [0.5, 0.6) is 0 Å². The summed E-state index contributed by atoms with van der Waals surface area (Å²) in [5.74, 6) is -0.871. The normalized spacial score (nSPS) is 12.5. The van der Waals surface area contributed by atoms with Crippen molar-refractivity contribution in [1.29, 1.82) is 5.26 Å². The maximum absolute atomic E-state index is 12.5. The van der Waals surface area contributed by atoms with Crippen molar-refractivity contribution in [3.05, 3.63) is 29.3 Å². The van der Waals surface area contributed by atoms with Crippen molar-refractivity contribution in [3.8, 4) is 6.07 Å². The number of alkyl halides is 3. The summed E-state index contributed by atoms with van der Waals surface area (Å²) in [7, 11) is 0. The highest BCUT2D eigenvalue weighted by Gasteiger charge is 2.31. The molecule has 7 heteroatoms. The van der Waals surface area contributed by atoms with Gasteiger partial charge in [-0.1, -0.05) is 6.92 Å². The minimum absolute atomic E-state index is 0.0231. The van der Waals surface area contributed by atoms with E-state index in [2.05, 4.69) is 5.32 Å². The predicted octanol–water partition coefficient (Wildman–Crippen LogP) is 3.49. The van der Waals surface area contributed by atoms with Gasteiger partial charge in [-0.25, -0.2) is 0 Å². The first-order valence-electron chi connectivity index (χ1n) is 6.31. The fraction of sp³-hybridized carbons (Fsp3) is 0.429. The van der Waals surface area contributed by atoms with Crippen molar-refractivity contribution in [2.24, 2.45) is 5.92 Å². The lowest BCUT2D eigenvalue weighted by molar-refractivity contribution is -0.138. The number of carbonyl (C=O) groups is 1. The molecule has 0 radical (unpaired) electrons. The number of benzene rings is 1. The minimum Gasteiger partial charge on any atom is -0.481 e. The van der Waals surface area contributed by atoms with Crippen molar-refractivity contribution < 1.29 is 23.1 Å². The van der Waals surface area contributed by atoms with Crippen LogP contribution < -0.4 is 5.32 Å². The van der Waals surface area contributed by atoms with Gasteiger partial charge in [0.15, 0.2) is 0 Å². The van der Waals surface area contributed by atoms with Gasteiger partial charge in [0.1, 0.15) is 6.07 Å². The van der Waals surface area contributed by atoms with Crippen LogP contribution >= 0.6 is 0 Å². The second-order valence-corrected chi connectivity index (χ2v) is 4.79. The molecule has 0 fully saturated rings. The molecule has 0 saturated carbocycles. The SMILES string of the molecule is CC(CCC(=O)O)CNc1ccc(C(F)(F)F)cc1C#N. The van der Waals surface area contributed by atoms with Gasteiger partial charge in [-0.05, 0) is 30.5 Å². The summed E-state index contributed by atoms with van der Waals surface area (Å²) in [6.45, 7) is 2.21. The van der Waals surface area contributed by atoms with Crippen LogP contribution in [0.2, 0.25) is 0 Å². The minimum atomic E-state index is -4.49. The third kappa shape index (κ3) is 5.34. The number of nitrogens with one attached hydrogen (secondary N) is 1. The number of rotatable bonds is 6. The van der Waals surface area contributed by atoms with Crippen molar-refractivity contribution in [1.82, 2.24) is 0 Å². The van der Waals surface area contributed by atoms with Crippen LogP contribution in [0, 0.1) is 17.2 Å². The lowest BCUT2D eigenvalue weighted by Crippen LogP contribution is -2.14. The van der Waals surface area contributed by atoms with Gasteiger partial charge in [0.25, 0.3) is 0 Å². The third-order valence-corrected chi connectivity index (χ3v) is 2.96. The van der Waals surface area contributed by atoms with Gasteiger partial charge in [-0.15, -0.1) is 0 Å². The van der Waals surface area contributed by atoms with Gasteiger partial charge in [0.05, 0.1) is 16.8 Å². The molecule has 114 valence electrons. The fourth-order valence-electron chi connectivity index (χ4n) is 1.72. The molecule has 1 unspecified atom stereocenters. The quantitative estimate of drug-likeness (QED) is 0.843. The Morgan fingerprint density at radius 1 is 1.48 bits per heavy atom. The molecule has 2 N–H and O–H groups in total. The summed E-state index contributed by atoms with van der Waals surface area (Å²) >= 11 is 0. The lowest BCUT2D eigenvalue weighted by atomic mass is 10.0. The predicted molar refractivity (Wildman–Crippen MR) is 70.7 cm³/mol. The maximum Gasteiger partial charge on any atom is 0.416 e. The second-order valence-electron chi connectivity index (χ2n) is 4.79. The van der Waals surface area contributed by atoms with E-state index in [0.717, 1.165) is 12.1 Å². The van der Waals surface area contributed by atoms with Crippen LogP contribution in [0.25, 0.3) is 0 Å². The highest BCUT2D eigenvalue weighted by molar-refractivity contribution is 5.66. The van der Waals surface area contributed by atoms with Crippen LogP contribution in [0.3, 0.4) is 0 Å². The summed E-state index contributed by atoms with van der Waals surface area (Å²) in [6.07, 6.45) is -4.01. The monoisotopic (exact) mass is 300 g/mol. The zero-order valence-corrected chi connectivity index (χ0v) is 11.4. The number of halogens is 3. The number of nitriles is 1. The molecule has 1 rings (SSSR count). The number of anilines is 1. The zero-order valence-electron chi connectivity index (χ0n) is 11.4. The molecule has 0 bridgehead atoms. The third-order valence-electron chi connectivity index (χ3n) is 2.96. The molecule has 4 nitrogen and oxygen atoms in total. The zero-order chi connectivity index (χ0) is 16.0. The first kappa shape index (κ1) is 16.8. The van der Waals surface area contributed by atoms with E-state index in [1.165, 1.54) is 6.07 Å². The molecule has 1 aromatic carbocycles. The number of aliphatic carboxylic acids is 1. The van der Waals surface area contributed by atoms with Crippen LogP contribution in [0.15, 0.2) is 18.2 Å². The van der Waals surface area contributed by atoms with Crippen LogP contribution in [-0.2, 0) is 11.0 Å². The Balaban J connectivity index is 2.72. The molecule has 0 heterocycles. The Bertz CT molecular complexity index is 550. The molecule has 21 heavy (non-hydrogen) atoms. The molecular formula is C14H15F3N2O2. The van der Waals surface area contributed by atoms with Crippen LogP contribution in [-0.4, -0.2) is 17.6 Å². The molecule has 0 spiro atoms. The molecule has 0 aliphatic carbocycles. The summed E-state index contributed by atoms with van der Waals surface area (Å²) in [6, 6.07) is 4.64. The van der Waals surface area contributed by atoms with E-state index in [1.807, 2.05) is 6.92 Å². The molecule has 1 aromatic rings. The first-order chi connectivity index (χ1) is 9.74. The topological polar surface area (TPSA) is 73.1 Å². The van der Waals surface area contributed by atoms with Crippen molar-refractivity contribution in [2.45, 2.75) is 25.9 Å². The van der Waals surface area contributed by atoms with Crippen molar-refractivity contribution in [2.75, 3.05) is 11.9 Å². The smallest absolute Gasteiger partial charge is 0.416 e. The Hall–Kier alpha value is -2.23. The molecule has 0 saturated heterocycles. The number of hydrogen-bond donors (Lipinski definition) is 2. The van der Waals surface area contributed by atoms with E-state index in [4.69, 9.17) is 10.4 Å². The van der Waals surface area contributed by atoms with E-state index in [-0.39, 0.29) is 17.9 Å². The summed E-state index contributed by atoms with van der Waals surface area (Å²) in [5.41, 5.74) is -0.647. The molecular weight excluding hydrogens is 285 g/mol. The number of carboxylic acids is 1. The lowest BCUT2D eigenvalue weighted by Gasteiger charge is -2.15. The number of carboxylic acid groups (broad SMARTS) is 1. The van der Waals surface area contributed by atoms with Gasteiger partial charge in [-0.2, -0.15) is 18.4 Å². The Morgan fingerprint density at radius 2 is 2.14 bits per heavy atom. The van der Waals surface area contributed by atoms with Gasteiger partial charge in [0.2, 0.25) is 0 Å². The fourth-order valence-corrected chi connectivity index (χ4v) is 1.72. The largest absolute Gasteiger partial charge is 0.481 e. The number of hydrogen-bond acceptors (Lipinski definition) is 3. The summed E-state index contributed by atoms with van der Waals surface area (Å²) < 4.78 is 37.6. The Kier molecular flexibility index (Phi) is 5.59. The van der Waals surface area contributed by atoms with Gasteiger partial charge >= 0.3 is 12.1 Å². The van der Waals surface area contributed by atoms with Gasteiger partial charge in [0, 0.05) is 13.0 Å². The molecule has 0 aliphatic heterocycles. The van der Waals surface area contributed by atoms with Crippen molar-refractivity contribution >= 4 is 11.7 Å². The molecule has 0 amide bonds.